The molecule has 54 heavy (non-hydrogen) atoms. The Morgan fingerprint density at radius 1 is 0.648 bits per heavy atom. The van der Waals surface area contributed by atoms with E-state index in [2.05, 4.69) is 149 Å². The van der Waals surface area contributed by atoms with Crippen molar-refractivity contribution in [3.05, 3.63) is 165 Å². The molecule has 0 spiro atoms. The van der Waals surface area contributed by atoms with Gasteiger partial charge in [0.15, 0.2) is 0 Å². The first-order valence-electron chi connectivity index (χ1n) is 16.6. The van der Waals surface area contributed by atoms with E-state index in [1.165, 1.54) is 46.3 Å². The summed E-state index contributed by atoms with van der Waals surface area (Å²) in [7, 11) is 0. The highest BCUT2D eigenvalue weighted by Crippen LogP contribution is 2.46. The Hall–Kier alpha value is -4.52. The molecule has 0 aliphatic rings. The standard InChI is InChI=1S/C23H25P.C13H14BrFO2.C7H4BrFO.CO2/c1-23(2,3)19-24(20-13-7-4-8-14-20,21-15-9-5-10-16-21)22-17-11-6-12-18-22;1-13(2,3)17-12(16)7-5-9-4-6-10(14)11(15)8-9;8-6-2-1-5(4-10)3-7(6)9;2-1-3/h4-19H,1-3H3;4-8H,1-3H3;1-4H;/b;7-5+;;. The van der Waals surface area contributed by atoms with Crippen LogP contribution in [0.3, 0.4) is 0 Å². The van der Waals surface area contributed by atoms with Crippen molar-refractivity contribution < 1.29 is 32.7 Å². The van der Waals surface area contributed by atoms with Crippen LogP contribution in [0.2, 0.25) is 0 Å². The van der Waals surface area contributed by atoms with Crippen LogP contribution in [0.4, 0.5) is 8.78 Å². The highest BCUT2D eigenvalue weighted by atomic mass is 79.9. The maximum Gasteiger partial charge on any atom is 0.373 e. The van der Waals surface area contributed by atoms with Gasteiger partial charge >= 0.3 is 12.1 Å². The summed E-state index contributed by atoms with van der Waals surface area (Å²) < 4.78 is 31.6. The molecule has 0 aliphatic carbocycles. The number of rotatable bonds is 6. The smallest absolute Gasteiger partial charge is 0.373 e. The van der Waals surface area contributed by atoms with Gasteiger partial charge in [0.2, 0.25) is 0 Å². The zero-order valence-electron chi connectivity index (χ0n) is 30.9. The van der Waals surface area contributed by atoms with Gasteiger partial charge in [-0.15, -0.1) is 0 Å². The molecule has 0 N–H and O–H groups in total. The highest BCUT2D eigenvalue weighted by molar-refractivity contribution is 9.10. The molecule has 0 radical (unpaired) electrons. The Bertz CT molecular complexity index is 1960. The molecule has 0 unspecified atom stereocenters. The first-order chi connectivity index (χ1) is 25.4. The molecule has 5 nitrogen and oxygen atoms in total. The Labute approximate surface area is 333 Å². The molecule has 0 aliphatic heterocycles. The lowest BCUT2D eigenvalue weighted by atomic mass is 10.0. The number of hydrogen-bond acceptors (Lipinski definition) is 5. The van der Waals surface area contributed by atoms with Gasteiger partial charge in [-0.25, -0.2) is 13.6 Å². The van der Waals surface area contributed by atoms with Crippen molar-refractivity contribution in [1.29, 1.82) is 0 Å². The average molecular weight is 881 g/mol. The summed E-state index contributed by atoms with van der Waals surface area (Å²) in [6.07, 6.45) is 3.66. The summed E-state index contributed by atoms with van der Waals surface area (Å²) in [5.74, 6) is 1.38. The molecule has 282 valence electrons. The molecule has 0 bridgehead atoms. The van der Waals surface area contributed by atoms with Crippen LogP contribution in [0.1, 0.15) is 57.5 Å². The predicted molar refractivity (Wildman–Crippen MR) is 224 cm³/mol. The summed E-state index contributed by atoms with van der Waals surface area (Å²) in [6, 6.07) is 41.8. The fourth-order valence-electron chi connectivity index (χ4n) is 4.94. The Morgan fingerprint density at radius 3 is 1.35 bits per heavy atom. The van der Waals surface area contributed by atoms with Crippen molar-refractivity contribution in [3.63, 3.8) is 0 Å². The van der Waals surface area contributed by atoms with Crippen LogP contribution in [0, 0.1) is 17.0 Å². The number of carbonyl (C=O) groups excluding carboxylic acids is 4. The van der Waals surface area contributed by atoms with E-state index in [-0.39, 0.29) is 17.4 Å². The van der Waals surface area contributed by atoms with Crippen LogP contribution in [-0.4, -0.2) is 29.8 Å². The molecule has 0 fully saturated rings. The first-order valence-corrected chi connectivity index (χ1v) is 20.1. The van der Waals surface area contributed by atoms with Gasteiger partial charge in [-0.2, -0.15) is 9.59 Å². The largest absolute Gasteiger partial charge is 0.457 e. The molecular weight excluding hydrogens is 837 g/mol. The van der Waals surface area contributed by atoms with Gasteiger partial charge in [-0.05, 0) is 117 Å². The minimum absolute atomic E-state index is 0.120. The van der Waals surface area contributed by atoms with Crippen molar-refractivity contribution >= 4 is 84.9 Å². The average Bonchev–Trinajstić information content (AvgIpc) is 3.13. The molecule has 5 aromatic rings. The Balaban J connectivity index is 0.000000292. The minimum atomic E-state index is -1.80. The second kappa shape index (κ2) is 22.0. The SMILES string of the molecule is CC(C)(C)C=P(c1ccccc1)(c1ccccc1)c1ccccc1.CC(C)(C)OC(=O)/C=C/c1ccc(Br)c(F)c1.O=C=O.O=Cc1ccc(Br)c(F)c1. The van der Waals surface area contributed by atoms with Crippen LogP contribution in [0.5, 0.6) is 0 Å². The Morgan fingerprint density at radius 2 is 1.02 bits per heavy atom. The van der Waals surface area contributed by atoms with E-state index in [1.807, 2.05) is 0 Å². The van der Waals surface area contributed by atoms with Crippen LogP contribution in [0.15, 0.2) is 142 Å². The third kappa shape index (κ3) is 15.5. The van der Waals surface area contributed by atoms with Gasteiger partial charge in [0.05, 0.1) is 8.95 Å². The molecule has 0 amide bonds. The normalized spacial score (nSPS) is 10.9. The molecule has 0 aromatic heterocycles. The molecule has 0 atom stereocenters. The first kappa shape index (κ1) is 45.6. The molecule has 5 aromatic carbocycles. The second-order valence-corrected chi connectivity index (χ2v) is 18.6. The number of hydrogen-bond donors (Lipinski definition) is 0. The second-order valence-electron chi connectivity index (χ2n) is 13.6. The molecule has 10 heteroatoms. The zero-order valence-corrected chi connectivity index (χ0v) is 35.0. The third-order valence-electron chi connectivity index (χ3n) is 6.91. The van der Waals surface area contributed by atoms with Crippen molar-refractivity contribution in [2.24, 2.45) is 5.41 Å². The van der Waals surface area contributed by atoms with E-state index in [4.69, 9.17) is 14.3 Å². The summed E-state index contributed by atoms with van der Waals surface area (Å²) in [4.78, 5) is 37.7. The van der Waals surface area contributed by atoms with E-state index < -0.39 is 24.3 Å². The van der Waals surface area contributed by atoms with Crippen molar-refractivity contribution in [1.82, 2.24) is 0 Å². The molecular formula is C44H43Br2F2O5P. The van der Waals surface area contributed by atoms with Crippen molar-refractivity contribution in [2.75, 3.05) is 0 Å². The van der Waals surface area contributed by atoms with E-state index in [0.29, 0.717) is 26.4 Å². The number of aldehydes is 1. The van der Waals surface area contributed by atoms with Gasteiger partial charge < -0.3 is 4.74 Å². The van der Waals surface area contributed by atoms with E-state index in [0.717, 1.165) is 0 Å². The minimum Gasteiger partial charge on any atom is -0.457 e. The number of ether oxygens (including phenoxy) is 1. The lowest BCUT2D eigenvalue weighted by Gasteiger charge is -2.32. The third-order valence-corrected chi connectivity index (χ3v) is 12.7. The van der Waals surface area contributed by atoms with E-state index in [1.54, 1.807) is 39.0 Å². The van der Waals surface area contributed by atoms with E-state index in [9.17, 15) is 18.4 Å². The quantitative estimate of drug-likeness (QED) is 0.0735. The van der Waals surface area contributed by atoms with Crippen molar-refractivity contribution in [2.45, 2.75) is 47.1 Å². The summed E-state index contributed by atoms with van der Waals surface area (Å²) in [6.45, 7) is 10.5. The maximum absolute atomic E-state index is 13.2. The van der Waals surface area contributed by atoms with Crippen molar-refractivity contribution in [3.8, 4) is 0 Å². The highest BCUT2D eigenvalue weighted by Gasteiger charge is 2.27. The predicted octanol–water partition coefficient (Wildman–Crippen LogP) is 10.6. The molecule has 0 saturated carbocycles. The van der Waals surface area contributed by atoms with Gasteiger partial charge in [0.1, 0.15) is 23.5 Å². The van der Waals surface area contributed by atoms with Crippen LogP contribution < -0.4 is 15.9 Å². The fourth-order valence-corrected chi connectivity index (χ4v) is 9.87. The number of esters is 1. The maximum atomic E-state index is 13.2. The van der Waals surface area contributed by atoms with Crippen LogP contribution in [-0.2, 0) is 19.1 Å². The summed E-state index contributed by atoms with van der Waals surface area (Å²) in [5.41, 5.74) is 0.555. The monoisotopic (exact) mass is 878 g/mol. The topological polar surface area (TPSA) is 77.5 Å². The van der Waals surface area contributed by atoms with Gasteiger partial charge in [-0.1, -0.05) is 130 Å². The lowest BCUT2D eigenvalue weighted by Crippen LogP contribution is -2.29. The number of benzene rings is 5. The number of halogens is 4. The molecule has 5 rings (SSSR count). The van der Waals surface area contributed by atoms with Crippen LogP contribution in [0.25, 0.3) is 6.08 Å². The van der Waals surface area contributed by atoms with Crippen LogP contribution >= 0.6 is 38.7 Å². The molecule has 0 heterocycles. The number of carbonyl (C=O) groups is 2. The summed E-state index contributed by atoms with van der Waals surface area (Å²) >= 11 is 6.03. The Kier molecular flexibility index (Phi) is 18.6. The zero-order chi connectivity index (χ0) is 40.4. The fraction of sp³-hybridized carbons (Fsp3) is 0.182. The van der Waals surface area contributed by atoms with Gasteiger partial charge in [0.25, 0.3) is 0 Å². The summed E-state index contributed by atoms with van der Waals surface area (Å²) in [5, 5.41) is 4.24. The van der Waals surface area contributed by atoms with Gasteiger partial charge in [-0.3, -0.25) is 4.79 Å². The van der Waals surface area contributed by atoms with Gasteiger partial charge in [0, 0.05) is 11.6 Å². The van der Waals surface area contributed by atoms with E-state index >= 15 is 0 Å². The lowest BCUT2D eigenvalue weighted by molar-refractivity contribution is -0.191. The molecule has 0 saturated heterocycles.